The molecule has 2 aromatic rings. The topological polar surface area (TPSA) is 73.4 Å². The van der Waals surface area contributed by atoms with Crippen LogP contribution < -0.4 is 10.1 Å². The number of fused-ring (bicyclic) bond motifs is 1. The van der Waals surface area contributed by atoms with Gasteiger partial charge in [-0.3, -0.25) is 10.00 Å². The fourth-order valence-electron chi connectivity index (χ4n) is 3.56. The highest BCUT2D eigenvalue weighted by molar-refractivity contribution is 5.91. The molecule has 2 aliphatic rings. The summed E-state index contributed by atoms with van der Waals surface area (Å²) in [7, 11) is 0. The summed E-state index contributed by atoms with van der Waals surface area (Å²) >= 11 is 0. The van der Waals surface area contributed by atoms with E-state index in [9.17, 15) is 18.3 Å². The fourth-order valence-corrected chi connectivity index (χ4v) is 3.56. The number of nitrogens with zero attached hydrogens (tertiary/aromatic N) is 2. The van der Waals surface area contributed by atoms with Crippen LogP contribution >= 0.6 is 0 Å². The summed E-state index contributed by atoms with van der Waals surface area (Å²) in [6, 6.07) is 2.72. The van der Waals surface area contributed by atoms with E-state index in [0.29, 0.717) is 34.3 Å². The number of piperazine rings is 1. The van der Waals surface area contributed by atoms with Crippen molar-refractivity contribution in [3.63, 3.8) is 0 Å². The second-order valence-electron chi connectivity index (χ2n) is 7.02. The Bertz CT molecular complexity index is 972. The molecule has 1 aromatic carbocycles. The van der Waals surface area contributed by atoms with Gasteiger partial charge >= 0.3 is 6.36 Å². The number of benzene rings is 1. The van der Waals surface area contributed by atoms with Crippen molar-refractivity contribution in [2.75, 3.05) is 26.2 Å². The van der Waals surface area contributed by atoms with Crippen molar-refractivity contribution in [3.8, 4) is 5.75 Å². The first kappa shape index (κ1) is 19.7. The molecule has 0 amide bonds. The van der Waals surface area contributed by atoms with E-state index in [0.717, 1.165) is 26.2 Å². The van der Waals surface area contributed by atoms with Gasteiger partial charge in [0.05, 0.1) is 17.3 Å². The van der Waals surface area contributed by atoms with Gasteiger partial charge in [0.15, 0.2) is 0 Å². The highest BCUT2D eigenvalue weighted by Gasteiger charge is 2.32. The molecule has 0 bridgehead atoms. The number of aliphatic hydroxyl groups excluding tert-OH is 1. The lowest BCUT2D eigenvalue weighted by molar-refractivity contribution is -0.274. The number of aromatic amines is 1. The number of allylic oxidation sites excluding steroid dienone is 2. The molecule has 6 nitrogen and oxygen atoms in total. The standard InChI is InChI=1S/C20H21F3N4O2/c21-20(22,23)29-15-9-14(12-27-7-5-24-6-8-27)19-16(11-15)17(25-26-19)10-13-3-1-2-4-18(13)28/h1-4,9-11,18,24,28H,5-8,12H2,(H,25,26). The molecule has 1 atom stereocenters. The summed E-state index contributed by atoms with van der Waals surface area (Å²) in [6.45, 7) is 3.74. The van der Waals surface area contributed by atoms with E-state index >= 15 is 0 Å². The van der Waals surface area contributed by atoms with Gasteiger partial charge in [0.2, 0.25) is 0 Å². The normalized spacial score (nSPS) is 21.9. The number of aromatic nitrogens is 2. The third-order valence-corrected chi connectivity index (χ3v) is 4.92. The minimum absolute atomic E-state index is 0.282. The van der Waals surface area contributed by atoms with Crippen molar-refractivity contribution in [3.05, 3.63) is 53.3 Å². The molecule has 0 saturated carbocycles. The van der Waals surface area contributed by atoms with Crippen LogP contribution in [-0.4, -0.2) is 58.8 Å². The average Bonchev–Trinajstić information content (AvgIpc) is 3.06. The summed E-state index contributed by atoms with van der Waals surface area (Å²) in [5.41, 5.74) is 2.38. The fraction of sp³-hybridized carbons (Fsp3) is 0.350. The van der Waals surface area contributed by atoms with E-state index in [4.69, 9.17) is 0 Å². The minimum atomic E-state index is -4.78. The number of hydrogen-bond acceptors (Lipinski definition) is 5. The monoisotopic (exact) mass is 406 g/mol. The molecule has 0 spiro atoms. The van der Waals surface area contributed by atoms with E-state index < -0.39 is 12.5 Å². The number of alkyl halides is 3. The molecule has 29 heavy (non-hydrogen) atoms. The molecule has 4 rings (SSSR count). The highest BCUT2D eigenvalue weighted by Crippen LogP contribution is 2.32. The zero-order valence-electron chi connectivity index (χ0n) is 15.5. The van der Waals surface area contributed by atoms with Gasteiger partial charge in [-0.1, -0.05) is 24.3 Å². The van der Waals surface area contributed by atoms with Crippen LogP contribution in [0.4, 0.5) is 13.2 Å². The molecule has 2 heterocycles. The molecule has 1 unspecified atom stereocenters. The van der Waals surface area contributed by atoms with Gasteiger partial charge in [0.1, 0.15) is 5.75 Å². The van der Waals surface area contributed by atoms with Gasteiger partial charge in [0, 0.05) is 38.1 Å². The summed E-state index contributed by atoms with van der Waals surface area (Å²) in [5.74, 6) is -0.282. The third-order valence-electron chi connectivity index (χ3n) is 4.92. The molecule has 1 fully saturated rings. The van der Waals surface area contributed by atoms with E-state index in [1.807, 2.05) is 0 Å². The zero-order chi connectivity index (χ0) is 20.4. The molecular weight excluding hydrogens is 385 g/mol. The van der Waals surface area contributed by atoms with E-state index in [-0.39, 0.29) is 5.75 Å². The van der Waals surface area contributed by atoms with Crippen LogP contribution in [0.15, 0.2) is 42.0 Å². The Morgan fingerprint density at radius 2 is 2.03 bits per heavy atom. The van der Waals surface area contributed by atoms with Crippen LogP contribution in [0.25, 0.3) is 17.0 Å². The van der Waals surface area contributed by atoms with Gasteiger partial charge in [-0.2, -0.15) is 5.10 Å². The third kappa shape index (κ3) is 4.69. The first-order valence-corrected chi connectivity index (χ1v) is 9.33. The number of halogens is 3. The lowest BCUT2D eigenvalue weighted by Crippen LogP contribution is -2.42. The molecule has 3 N–H and O–H groups in total. The summed E-state index contributed by atoms with van der Waals surface area (Å²) in [5, 5.41) is 21.1. The Labute approximate surface area is 165 Å². The summed E-state index contributed by atoms with van der Waals surface area (Å²) in [6.07, 6.45) is 3.00. The Morgan fingerprint density at radius 3 is 2.76 bits per heavy atom. The first-order chi connectivity index (χ1) is 13.9. The number of ether oxygens (including phenoxy) is 1. The first-order valence-electron chi connectivity index (χ1n) is 9.33. The van der Waals surface area contributed by atoms with Crippen molar-refractivity contribution >= 4 is 17.0 Å². The minimum Gasteiger partial charge on any atom is -0.406 e. The number of rotatable bonds is 4. The number of H-pyrrole nitrogens is 1. The van der Waals surface area contributed by atoms with Gasteiger partial charge in [0.25, 0.3) is 0 Å². The summed E-state index contributed by atoms with van der Waals surface area (Å²) in [4.78, 5) is 2.16. The number of aliphatic hydroxyl groups is 1. The molecule has 1 aromatic heterocycles. The molecular formula is C20H21F3N4O2. The molecule has 154 valence electrons. The predicted molar refractivity (Wildman–Crippen MR) is 103 cm³/mol. The lowest BCUT2D eigenvalue weighted by atomic mass is 10.0. The second kappa shape index (κ2) is 8.02. The number of hydrogen-bond donors (Lipinski definition) is 3. The molecule has 1 aliphatic heterocycles. The maximum Gasteiger partial charge on any atom is 0.573 e. The maximum atomic E-state index is 12.9. The van der Waals surface area contributed by atoms with Gasteiger partial charge in [-0.25, -0.2) is 0 Å². The van der Waals surface area contributed by atoms with E-state index in [2.05, 4.69) is 25.2 Å². The van der Waals surface area contributed by atoms with E-state index in [1.54, 1.807) is 30.4 Å². The predicted octanol–water partition coefficient (Wildman–Crippen LogP) is 2.74. The highest BCUT2D eigenvalue weighted by atomic mass is 19.4. The van der Waals surface area contributed by atoms with Crippen molar-refractivity contribution in [2.45, 2.75) is 19.0 Å². The average molecular weight is 406 g/mol. The molecule has 9 heteroatoms. The smallest absolute Gasteiger partial charge is 0.406 e. The molecule has 0 radical (unpaired) electrons. The lowest BCUT2D eigenvalue weighted by Gasteiger charge is -2.27. The van der Waals surface area contributed by atoms with Crippen LogP contribution in [0.2, 0.25) is 0 Å². The Balaban J connectivity index is 1.75. The van der Waals surface area contributed by atoms with Crippen LogP contribution in [0, 0.1) is 0 Å². The zero-order valence-corrected chi connectivity index (χ0v) is 15.5. The maximum absolute atomic E-state index is 12.9. The molecule has 1 saturated heterocycles. The van der Waals surface area contributed by atoms with Crippen molar-refractivity contribution in [1.82, 2.24) is 20.4 Å². The van der Waals surface area contributed by atoms with Crippen molar-refractivity contribution in [1.29, 1.82) is 0 Å². The quantitative estimate of drug-likeness (QED) is 0.728. The van der Waals surface area contributed by atoms with Crippen LogP contribution in [0.5, 0.6) is 5.75 Å². The van der Waals surface area contributed by atoms with Crippen molar-refractivity contribution < 1.29 is 23.0 Å². The van der Waals surface area contributed by atoms with Crippen LogP contribution in [-0.2, 0) is 6.54 Å². The number of nitrogens with one attached hydrogen (secondary N) is 2. The molecule has 1 aliphatic carbocycles. The SMILES string of the molecule is OC1C=CC=CC1=Cc1[nH]nc2c(CN3CCNCC3)cc(OC(F)(F)F)cc12. The van der Waals surface area contributed by atoms with Crippen LogP contribution in [0.3, 0.4) is 0 Å². The van der Waals surface area contributed by atoms with E-state index in [1.165, 1.54) is 12.1 Å². The van der Waals surface area contributed by atoms with Crippen LogP contribution in [0.1, 0.15) is 11.3 Å². The van der Waals surface area contributed by atoms with Gasteiger partial charge in [-0.15, -0.1) is 13.2 Å². The van der Waals surface area contributed by atoms with Gasteiger partial charge in [-0.05, 0) is 29.3 Å². The summed E-state index contributed by atoms with van der Waals surface area (Å²) < 4.78 is 42.8. The second-order valence-corrected chi connectivity index (χ2v) is 7.02. The largest absolute Gasteiger partial charge is 0.573 e. The van der Waals surface area contributed by atoms with Crippen molar-refractivity contribution in [2.24, 2.45) is 0 Å². The Hall–Kier alpha value is -2.62. The van der Waals surface area contributed by atoms with Gasteiger partial charge < -0.3 is 15.2 Å². The Kier molecular flexibility index (Phi) is 5.44. The Morgan fingerprint density at radius 1 is 1.24 bits per heavy atom.